The predicted octanol–water partition coefficient (Wildman–Crippen LogP) is 3.44. The van der Waals surface area contributed by atoms with Gasteiger partial charge in [-0.25, -0.2) is 4.98 Å². The van der Waals surface area contributed by atoms with Crippen LogP contribution >= 0.6 is 11.3 Å². The van der Waals surface area contributed by atoms with E-state index in [1.165, 1.54) is 11.3 Å². The number of rotatable bonds is 1. The van der Waals surface area contributed by atoms with E-state index in [4.69, 9.17) is 0 Å². The maximum Gasteiger partial charge on any atom is 0.304 e. The fraction of sp³-hybridized carbons (Fsp3) is 0.0667. The molecule has 4 rings (SSSR count). The lowest BCUT2D eigenvalue weighted by Crippen LogP contribution is -1.92. The van der Waals surface area contributed by atoms with Gasteiger partial charge in [-0.15, -0.1) is 0 Å². The van der Waals surface area contributed by atoms with Crippen LogP contribution in [0.1, 0.15) is 5.69 Å². The monoisotopic (exact) mass is 281 g/mol. The molecule has 5 heteroatoms. The van der Waals surface area contributed by atoms with Crippen LogP contribution in [0.4, 0.5) is 0 Å². The highest BCUT2D eigenvalue weighted by Crippen LogP contribution is 2.28. The van der Waals surface area contributed by atoms with Gasteiger partial charge in [0, 0.05) is 27.4 Å². The summed E-state index contributed by atoms with van der Waals surface area (Å²) in [4.78, 5) is 21.9. The zero-order valence-corrected chi connectivity index (χ0v) is 11.5. The van der Waals surface area contributed by atoms with Crippen molar-refractivity contribution in [2.45, 2.75) is 6.92 Å². The van der Waals surface area contributed by atoms with Crippen LogP contribution in [-0.4, -0.2) is 15.0 Å². The van der Waals surface area contributed by atoms with Crippen molar-refractivity contribution in [1.82, 2.24) is 15.0 Å². The first-order chi connectivity index (χ1) is 9.70. The minimum Gasteiger partial charge on any atom is -0.339 e. The molecule has 98 valence electrons. The van der Waals surface area contributed by atoms with Gasteiger partial charge < -0.3 is 9.97 Å². The van der Waals surface area contributed by atoms with Crippen molar-refractivity contribution in [3.63, 3.8) is 0 Å². The Hall–Kier alpha value is -2.40. The van der Waals surface area contributed by atoms with E-state index >= 15 is 0 Å². The third kappa shape index (κ3) is 1.67. The molecule has 0 bridgehead atoms. The van der Waals surface area contributed by atoms with Crippen molar-refractivity contribution in [2.24, 2.45) is 0 Å². The summed E-state index contributed by atoms with van der Waals surface area (Å²) in [5, 5.41) is 4.07. The quantitative estimate of drug-likeness (QED) is 0.561. The van der Waals surface area contributed by atoms with Crippen molar-refractivity contribution in [3.05, 3.63) is 51.1 Å². The molecular weight excluding hydrogens is 270 g/mol. The second kappa shape index (κ2) is 4.05. The Balaban J connectivity index is 2.02. The number of pyridine rings is 1. The Kier molecular flexibility index (Phi) is 2.31. The normalized spacial score (nSPS) is 11.4. The lowest BCUT2D eigenvalue weighted by Gasteiger charge is -1.98. The lowest BCUT2D eigenvalue weighted by molar-refractivity contribution is 1.23. The van der Waals surface area contributed by atoms with Gasteiger partial charge in [-0.1, -0.05) is 17.4 Å². The molecule has 1 aromatic carbocycles. The highest BCUT2D eigenvalue weighted by molar-refractivity contribution is 7.07. The average Bonchev–Trinajstić information content (AvgIpc) is 3.00. The van der Waals surface area contributed by atoms with Gasteiger partial charge in [-0.05, 0) is 36.8 Å². The van der Waals surface area contributed by atoms with Crippen LogP contribution in [-0.2, 0) is 0 Å². The summed E-state index contributed by atoms with van der Waals surface area (Å²) in [7, 11) is 0. The fourth-order valence-electron chi connectivity index (χ4n) is 2.46. The number of hydrogen-bond acceptors (Lipinski definition) is 3. The first-order valence-electron chi connectivity index (χ1n) is 6.28. The largest absolute Gasteiger partial charge is 0.339 e. The summed E-state index contributed by atoms with van der Waals surface area (Å²) in [6, 6.07) is 10.2. The molecule has 0 fully saturated rings. The molecule has 0 saturated carbocycles. The molecule has 0 amide bonds. The van der Waals surface area contributed by atoms with Gasteiger partial charge in [0.25, 0.3) is 0 Å². The van der Waals surface area contributed by atoms with Gasteiger partial charge >= 0.3 is 4.87 Å². The van der Waals surface area contributed by atoms with Crippen LogP contribution in [0.3, 0.4) is 0 Å². The summed E-state index contributed by atoms with van der Waals surface area (Å²) in [5.41, 5.74) is 4.82. The summed E-state index contributed by atoms with van der Waals surface area (Å²) in [6.45, 7) is 1.98. The van der Waals surface area contributed by atoms with Crippen LogP contribution in [0.5, 0.6) is 0 Å². The van der Waals surface area contributed by atoms with E-state index in [-0.39, 0.29) is 4.87 Å². The maximum absolute atomic E-state index is 11.3. The molecule has 0 radical (unpaired) electrons. The van der Waals surface area contributed by atoms with E-state index in [0.717, 1.165) is 38.9 Å². The number of fused-ring (bicyclic) bond motifs is 3. The zero-order valence-electron chi connectivity index (χ0n) is 10.7. The number of nitrogens with one attached hydrogen (secondary N) is 2. The molecule has 0 aliphatic carbocycles. The molecule has 0 spiro atoms. The fourth-order valence-corrected chi connectivity index (χ4v) is 3.05. The van der Waals surface area contributed by atoms with E-state index in [1.54, 1.807) is 0 Å². The Morgan fingerprint density at radius 3 is 2.80 bits per heavy atom. The number of H-pyrrole nitrogens is 2. The number of aryl methyl sites for hydroxylation is 1. The molecule has 4 aromatic rings. The van der Waals surface area contributed by atoms with Crippen molar-refractivity contribution in [3.8, 4) is 11.3 Å². The molecule has 3 aromatic heterocycles. The van der Waals surface area contributed by atoms with Crippen LogP contribution in [0.2, 0.25) is 0 Å². The molecular formula is C15H11N3OS. The Morgan fingerprint density at radius 1 is 1.10 bits per heavy atom. The third-order valence-electron chi connectivity index (χ3n) is 3.43. The summed E-state index contributed by atoms with van der Waals surface area (Å²) < 4.78 is 0. The number of nitrogens with zero attached hydrogens (tertiary/aromatic N) is 1. The molecule has 0 aliphatic rings. The van der Waals surface area contributed by atoms with E-state index in [0.29, 0.717) is 0 Å². The Bertz CT molecular complexity index is 993. The van der Waals surface area contributed by atoms with Crippen molar-refractivity contribution >= 4 is 33.3 Å². The Labute approximate surface area is 118 Å². The summed E-state index contributed by atoms with van der Waals surface area (Å²) in [6.07, 6.45) is 0. The zero-order chi connectivity index (χ0) is 13.7. The molecule has 0 aliphatic heterocycles. The van der Waals surface area contributed by atoms with Gasteiger partial charge in [0.1, 0.15) is 5.65 Å². The topological polar surface area (TPSA) is 61.5 Å². The molecule has 0 saturated heterocycles. The standard InChI is InChI=1S/C15H11N3OS/c1-8-2-4-10-11-6-9(13-7-20-15(19)18-13)3-5-12(11)17-14(10)16-8/h2-7H,1H3,(H,16,17)(H,18,19). The molecule has 4 nitrogen and oxygen atoms in total. The minimum atomic E-state index is -0.0312. The van der Waals surface area contributed by atoms with Crippen LogP contribution in [0.25, 0.3) is 33.2 Å². The molecule has 0 unspecified atom stereocenters. The van der Waals surface area contributed by atoms with Gasteiger partial charge in [0.05, 0.1) is 5.69 Å². The molecule has 0 atom stereocenters. The van der Waals surface area contributed by atoms with Gasteiger partial charge in [-0.2, -0.15) is 0 Å². The SMILES string of the molecule is Cc1ccc2c(n1)[nH]c1ccc(-c3csc(=O)[nH]3)cc12. The highest BCUT2D eigenvalue weighted by atomic mass is 32.1. The smallest absolute Gasteiger partial charge is 0.304 e. The van der Waals surface area contributed by atoms with Crippen LogP contribution in [0.15, 0.2) is 40.5 Å². The van der Waals surface area contributed by atoms with E-state index < -0.39 is 0 Å². The van der Waals surface area contributed by atoms with Gasteiger partial charge in [0.2, 0.25) is 0 Å². The van der Waals surface area contributed by atoms with Crippen molar-refractivity contribution in [1.29, 1.82) is 0 Å². The molecule has 20 heavy (non-hydrogen) atoms. The second-order valence-electron chi connectivity index (χ2n) is 4.80. The maximum atomic E-state index is 11.3. The van der Waals surface area contributed by atoms with E-state index in [2.05, 4.69) is 27.1 Å². The van der Waals surface area contributed by atoms with Gasteiger partial charge in [0.15, 0.2) is 0 Å². The van der Waals surface area contributed by atoms with Crippen LogP contribution < -0.4 is 4.87 Å². The first-order valence-corrected chi connectivity index (χ1v) is 7.16. The predicted molar refractivity (Wildman–Crippen MR) is 82.3 cm³/mol. The number of benzene rings is 1. The average molecular weight is 281 g/mol. The van der Waals surface area contributed by atoms with Crippen LogP contribution in [0, 0.1) is 6.92 Å². The summed E-state index contributed by atoms with van der Waals surface area (Å²) >= 11 is 1.18. The number of aromatic amines is 2. The van der Waals surface area contributed by atoms with Crippen molar-refractivity contribution < 1.29 is 0 Å². The minimum absolute atomic E-state index is 0.0312. The van der Waals surface area contributed by atoms with Crippen molar-refractivity contribution in [2.75, 3.05) is 0 Å². The lowest BCUT2D eigenvalue weighted by atomic mass is 10.1. The number of aromatic nitrogens is 3. The summed E-state index contributed by atoms with van der Waals surface area (Å²) in [5.74, 6) is 0. The second-order valence-corrected chi connectivity index (χ2v) is 5.64. The van der Waals surface area contributed by atoms with Gasteiger partial charge in [-0.3, -0.25) is 4.79 Å². The Morgan fingerprint density at radius 2 is 2.00 bits per heavy atom. The van der Waals surface area contributed by atoms with E-state index in [1.807, 2.05) is 30.5 Å². The number of thiazole rings is 1. The molecule has 2 N–H and O–H groups in total. The highest BCUT2D eigenvalue weighted by Gasteiger charge is 2.08. The number of hydrogen-bond donors (Lipinski definition) is 2. The third-order valence-corrected chi connectivity index (χ3v) is 4.10. The van der Waals surface area contributed by atoms with E-state index in [9.17, 15) is 4.79 Å². The first kappa shape index (κ1) is 11.4. The molecule has 3 heterocycles.